The highest BCUT2D eigenvalue weighted by Gasteiger charge is 2.18. The Morgan fingerprint density at radius 2 is 0.923 bits per heavy atom. The Morgan fingerprint density at radius 1 is 0.385 bits per heavy atom. The third-order valence-corrected chi connectivity index (χ3v) is 10.1. The van der Waals surface area contributed by atoms with Gasteiger partial charge in [0, 0.05) is 28.2 Å². The second-order valence-corrected chi connectivity index (χ2v) is 13.2. The molecule has 0 N–H and O–H groups in total. The molecule has 3 heteroatoms. The fraction of sp³-hybridized carbons (Fsp3) is 0. The van der Waals surface area contributed by atoms with E-state index >= 15 is 0 Å². The SMILES string of the molecule is c1ccc(-c2ccc(N(c3ccc(-c4ccc(-c5cccc6ccccc56)cc4)cc3)c3cnc4c(c3)oc3c5ccccc5ccc43)cc2)cc1. The van der Waals surface area contributed by atoms with Crippen LogP contribution in [0, 0.1) is 0 Å². The minimum Gasteiger partial charge on any atom is -0.454 e. The Balaban J connectivity index is 1.04. The average Bonchev–Trinajstić information content (AvgIpc) is 3.60. The molecule has 0 aliphatic carbocycles. The summed E-state index contributed by atoms with van der Waals surface area (Å²) in [6.45, 7) is 0. The molecule has 244 valence electrons. The minimum absolute atomic E-state index is 0.762. The Labute approximate surface area is 301 Å². The van der Waals surface area contributed by atoms with E-state index in [-0.39, 0.29) is 0 Å². The van der Waals surface area contributed by atoms with Gasteiger partial charge in [0.05, 0.1) is 11.9 Å². The summed E-state index contributed by atoms with van der Waals surface area (Å²) in [5.74, 6) is 0. The molecule has 0 saturated heterocycles. The van der Waals surface area contributed by atoms with Gasteiger partial charge in [-0.05, 0) is 79.9 Å². The highest BCUT2D eigenvalue weighted by molar-refractivity contribution is 6.14. The first-order valence-corrected chi connectivity index (χ1v) is 17.6. The van der Waals surface area contributed by atoms with Gasteiger partial charge in [-0.3, -0.25) is 0 Å². The lowest BCUT2D eigenvalue weighted by Gasteiger charge is -2.25. The summed E-state index contributed by atoms with van der Waals surface area (Å²) in [5, 5.41) is 5.78. The van der Waals surface area contributed by atoms with Crippen LogP contribution in [0.15, 0.2) is 199 Å². The second-order valence-electron chi connectivity index (χ2n) is 13.2. The van der Waals surface area contributed by atoms with Crippen LogP contribution >= 0.6 is 0 Å². The molecular weight excluding hydrogens is 633 g/mol. The number of benzene rings is 8. The van der Waals surface area contributed by atoms with Crippen molar-refractivity contribution in [1.29, 1.82) is 0 Å². The van der Waals surface area contributed by atoms with E-state index < -0.39 is 0 Å². The van der Waals surface area contributed by atoms with Gasteiger partial charge in [-0.15, -0.1) is 0 Å². The molecule has 52 heavy (non-hydrogen) atoms. The minimum atomic E-state index is 0.762. The predicted octanol–water partition coefficient (Wildman–Crippen LogP) is 13.8. The van der Waals surface area contributed by atoms with Crippen LogP contribution in [0.2, 0.25) is 0 Å². The van der Waals surface area contributed by atoms with E-state index in [2.05, 4.69) is 187 Å². The zero-order valence-electron chi connectivity index (χ0n) is 28.3. The average molecular weight is 665 g/mol. The van der Waals surface area contributed by atoms with Crippen LogP contribution in [0.5, 0.6) is 0 Å². The number of anilines is 3. The van der Waals surface area contributed by atoms with Crippen LogP contribution in [0.25, 0.3) is 77.0 Å². The summed E-state index contributed by atoms with van der Waals surface area (Å²) in [7, 11) is 0. The quantitative estimate of drug-likeness (QED) is 0.177. The molecule has 0 aliphatic heterocycles. The van der Waals surface area contributed by atoms with Crippen LogP contribution in [-0.4, -0.2) is 4.98 Å². The molecule has 2 heterocycles. The molecule has 0 amide bonds. The largest absolute Gasteiger partial charge is 0.454 e. The summed E-state index contributed by atoms with van der Waals surface area (Å²) in [6.07, 6.45) is 1.96. The maximum atomic E-state index is 6.56. The van der Waals surface area contributed by atoms with Crippen molar-refractivity contribution in [3.8, 4) is 33.4 Å². The molecule has 0 aliphatic rings. The molecule has 0 bridgehead atoms. The maximum Gasteiger partial charge on any atom is 0.155 e. The summed E-state index contributed by atoms with van der Waals surface area (Å²) in [5.41, 5.74) is 12.6. The highest BCUT2D eigenvalue weighted by Crippen LogP contribution is 2.40. The van der Waals surface area contributed by atoms with E-state index in [1.807, 2.05) is 12.3 Å². The Bertz CT molecular complexity index is 2870. The first kappa shape index (κ1) is 29.9. The second kappa shape index (κ2) is 12.4. The van der Waals surface area contributed by atoms with Gasteiger partial charge in [0.1, 0.15) is 11.1 Å². The lowest BCUT2D eigenvalue weighted by Crippen LogP contribution is -2.10. The normalized spacial score (nSPS) is 11.5. The van der Waals surface area contributed by atoms with Gasteiger partial charge in [-0.1, -0.05) is 152 Å². The molecule has 0 saturated carbocycles. The Morgan fingerprint density at radius 3 is 1.62 bits per heavy atom. The summed E-state index contributed by atoms with van der Waals surface area (Å²) >= 11 is 0. The zero-order valence-corrected chi connectivity index (χ0v) is 28.3. The molecule has 3 nitrogen and oxygen atoms in total. The van der Waals surface area contributed by atoms with Gasteiger partial charge in [-0.25, -0.2) is 4.98 Å². The van der Waals surface area contributed by atoms with Crippen LogP contribution in [-0.2, 0) is 0 Å². The number of aromatic nitrogens is 1. The Hall–Kier alpha value is -6.97. The van der Waals surface area contributed by atoms with Crippen LogP contribution in [0.1, 0.15) is 0 Å². The van der Waals surface area contributed by atoms with Crippen molar-refractivity contribution in [2.75, 3.05) is 4.90 Å². The predicted molar refractivity (Wildman–Crippen MR) is 218 cm³/mol. The lowest BCUT2D eigenvalue weighted by molar-refractivity contribution is 0.672. The third-order valence-electron chi connectivity index (χ3n) is 10.1. The monoisotopic (exact) mass is 664 g/mol. The van der Waals surface area contributed by atoms with Gasteiger partial charge in [0.15, 0.2) is 5.58 Å². The van der Waals surface area contributed by atoms with E-state index in [4.69, 9.17) is 9.40 Å². The van der Waals surface area contributed by atoms with Crippen molar-refractivity contribution in [1.82, 2.24) is 4.98 Å². The fourth-order valence-electron chi connectivity index (χ4n) is 7.49. The summed E-state index contributed by atoms with van der Waals surface area (Å²) in [6, 6.07) is 66.6. The van der Waals surface area contributed by atoms with Crippen molar-refractivity contribution in [2.24, 2.45) is 0 Å². The molecule has 0 spiro atoms. The van der Waals surface area contributed by atoms with Crippen LogP contribution < -0.4 is 4.90 Å². The standard InChI is InChI=1S/C49H32N2O/c1-2-9-33(10-3-1)35-21-26-40(27-22-35)51(42-31-47-48(50-32-42)46-30-25-38-12-5-7-15-45(38)49(46)52-47)41-28-23-36(24-29-41)34-17-19-39(20-18-34)44-16-8-13-37-11-4-6-14-43(37)44/h1-32H. The van der Waals surface area contributed by atoms with Gasteiger partial charge < -0.3 is 9.32 Å². The summed E-state index contributed by atoms with van der Waals surface area (Å²) in [4.78, 5) is 7.24. The molecule has 0 atom stereocenters. The van der Waals surface area contributed by atoms with Crippen molar-refractivity contribution in [3.63, 3.8) is 0 Å². The fourth-order valence-corrected chi connectivity index (χ4v) is 7.49. The van der Waals surface area contributed by atoms with Gasteiger partial charge in [-0.2, -0.15) is 0 Å². The first-order chi connectivity index (χ1) is 25.8. The van der Waals surface area contributed by atoms with Crippen molar-refractivity contribution < 1.29 is 4.42 Å². The van der Waals surface area contributed by atoms with E-state index in [0.717, 1.165) is 55.5 Å². The van der Waals surface area contributed by atoms with Crippen molar-refractivity contribution in [2.45, 2.75) is 0 Å². The van der Waals surface area contributed by atoms with Crippen molar-refractivity contribution in [3.05, 3.63) is 194 Å². The molecule has 0 fully saturated rings. The van der Waals surface area contributed by atoms with Crippen LogP contribution in [0.4, 0.5) is 17.1 Å². The molecular formula is C49H32N2O. The molecule has 2 aromatic heterocycles. The smallest absolute Gasteiger partial charge is 0.155 e. The summed E-state index contributed by atoms with van der Waals surface area (Å²) < 4.78 is 6.56. The lowest BCUT2D eigenvalue weighted by atomic mass is 9.96. The molecule has 8 aromatic carbocycles. The first-order valence-electron chi connectivity index (χ1n) is 17.6. The number of hydrogen-bond donors (Lipinski definition) is 0. The number of rotatable bonds is 6. The topological polar surface area (TPSA) is 29.3 Å². The van der Waals surface area contributed by atoms with E-state index in [9.17, 15) is 0 Å². The van der Waals surface area contributed by atoms with E-state index in [1.165, 1.54) is 38.6 Å². The van der Waals surface area contributed by atoms with E-state index in [1.54, 1.807) is 0 Å². The maximum absolute atomic E-state index is 6.56. The molecule has 0 unspecified atom stereocenters. The highest BCUT2D eigenvalue weighted by atomic mass is 16.3. The molecule has 0 radical (unpaired) electrons. The van der Waals surface area contributed by atoms with Gasteiger partial charge in [0.2, 0.25) is 0 Å². The van der Waals surface area contributed by atoms with Gasteiger partial charge in [0.25, 0.3) is 0 Å². The number of nitrogens with zero attached hydrogens (tertiary/aromatic N) is 2. The van der Waals surface area contributed by atoms with Gasteiger partial charge >= 0.3 is 0 Å². The van der Waals surface area contributed by atoms with Crippen molar-refractivity contribution >= 4 is 60.7 Å². The number of furan rings is 1. The van der Waals surface area contributed by atoms with Crippen LogP contribution in [0.3, 0.4) is 0 Å². The zero-order chi connectivity index (χ0) is 34.4. The Kier molecular flexibility index (Phi) is 7.14. The molecule has 10 rings (SSSR count). The molecule has 10 aromatic rings. The number of fused-ring (bicyclic) bond motifs is 6. The number of pyridine rings is 1. The van der Waals surface area contributed by atoms with E-state index in [0.29, 0.717) is 0 Å². The third kappa shape index (κ3) is 5.19. The number of hydrogen-bond acceptors (Lipinski definition) is 3.